The van der Waals surface area contributed by atoms with Crippen LogP contribution in [0.15, 0.2) is 23.1 Å². The van der Waals surface area contributed by atoms with Gasteiger partial charge in [-0.1, -0.05) is 6.07 Å². The van der Waals surface area contributed by atoms with E-state index in [2.05, 4.69) is 5.32 Å². The van der Waals surface area contributed by atoms with Crippen molar-refractivity contribution in [1.82, 2.24) is 9.62 Å². The van der Waals surface area contributed by atoms with Gasteiger partial charge in [0.15, 0.2) is 0 Å². The van der Waals surface area contributed by atoms with E-state index < -0.39 is 14.9 Å². The second kappa shape index (κ2) is 5.47. The molecule has 0 aliphatic carbocycles. The van der Waals surface area contributed by atoms with Crippen molar-refractivity contribution in [2.75, 3.05) is 20.1 Å². The van der Waals surface area contributed by atoms with E-state index in [-0.39, 0.29) is 16.6 Å². The third kappa shape index (κ3) is 2.67. The van der Waals surface area contributed by atoms with Gasteiger partial charge < -0.3 is 5.32 Å². The van der Waals surface area contributed by atoms with Crippen LogP contribution in [0, 0.1) is 17.0 Å². The Kier molecular flexibility index (Phi) is 4.07. The number of rotatable bonds is 4. The van der Waals surface area contributed by atoms with Crippen molar-refractivity contribution in [3.05, 3.63) is 33.9 Å². The van der Waals surface area contributed by atoms with Crippen molar-refractivity contribution in [1.29, 1.82) is 0 Å². The first-order chi connectivity index (χ1) is 9.34. The van der Waals surface area contributed by atoms with Crippen molar-refractivity contribution in [3.8, 4) is 0 Å². The standard InChI is InChI=1S/C12H17N3O4S/c1-9-3-4-10(15(16)17)7-12(9)20(18,19)14(2)11-5-6-13-8-11/h3-4,7,11,13H,5-6,8H2,1-2H3. The van der Waals surface area contributed by atoms with E-state index in [0.29, 0.717) is 12.1 Å². The van der Waals surface area contributed by atoms with Gasteiger partial charge in [0.05, 0.1) is 9.82 Å². The Hall–Kier alpha value is -1.51. The Morgan fingerprint density at radius 3 is 2.70 bits per heavy atom. The zero-order valence-corrected chi connectivity index (χ0v) is 12.2. The van der Waals surface area contributed by atoms with Crippen molar-refractivity contribution < 1.29 is 13.3 Å². The second-order valence-electron chi connectivity index (χ2n) is 4.87. The minimum Gasteiger partial charge on any atom is -0.315 e. The fraction of sp³-hybridized carbons (Fsp3) is 0.500. The number of hydrogen-bond acceptors (Lipinski definition) is 5. The van der Waals surface area contributed by atoms with E-state index in [9.17, 15) is 18.5 Å². The van der Waals surface area contributed by atoms with Crippen molar-refractivity contribution in [3.63, 3.8) is 0 Å². The largest absolute Gasteiger partial charge is 0.315 e. The SMILES string of the molecule is Cc1ccc([N+](=O)[O-])cc1S(=O)(=O)N(C)C1CCNC1. The molecule has 1 aliphatic rings. The van der Waals surface area contributed by atoms with Crippen LogP contribution in [0.1, 0.15) is 12.0 Å². The first-order valence-corrected chi connectivity index (χ1v) is 7.72. The summed E-state index contributed by atoms with van der Waals surface area (Å²) in [6.07, 6.45) is 0.740. The van der Waals surface area contributed by atoms with Crippen LogP contribution in [0.4, 0.5) is 5.69 Å². The first-order valence-electron chi connectivity index (χ1n) is 6.28. The molecule has 8 heteroatoms. The Balaban J connectivity index is 2.42. The highest BCUT2D eigenvalue weighted by molar-refractivity contribution is 7.89. The number of aryl methyl sites for hydroxylation is 1. The van der Waals surface area contributed by atoms with Crippen LogP contribution in [0.5, 0.6) is 0 Å². The van der Waals surface area contributed by atoms with E-state index in [1.165, 1.54) is 23.5 Å². The van der Waals surface area contributed by atoms with Crippen LogP contribution in [0.2, 0.25) is 0 Å². The van der Waals surface area contributed by atoms with Crippen LogP contribution >= 0.6 is 0 Å². The lowest BCUT2D eigenvalue weighted by atomic mass is 10.2. The lowest BCUT2D eigenvalue weighted by Crippen LogP contribution is -2.38. The Morgan fingerprint density at radius 1 is 1.45 bits per heavy atom. The predicted octanol–water partition coefficient (Wildman–Crippen LogP) is 0.886. The van der Waals surface area contributed by atoms with Crippen LogP contribution in [-0.2, 0) is 10.0 Å². The molecular formula is C12H17N3O4S. The molecule has 0 radical (unpaired) electrons. The van der Waals surface area contributed by atoms with Gasteiger partial charge >= 0.3 is 0 Å². The van der Waals surface area contributed by atoms with Crippen molar-refractivity contribution in [2.45, 2.75) is 24.3 Å². The minimum atomic E-state index is -3.72. The highest BCUT2D eigenvalue weighted by atomic mass is 32.2. The maximum atomic E-state index is 12.6. The van der Waals surface area contributed by atoms with E-state index in [4.69, 9.17) is 0 Å². The van der Waals surface area contributed by atoms with E-state index >= 15 is 0 Å². The number of sulfonamides is 1. The maximum absolute atomic E-state index is 12.6. The lowest BCUT2D eigenvalue weighted by Gasteiger charge is -2.23. The molecule has 0 aromatic heterocycles. The third-order valence-corrected chi connectivity index (χ3v) is 5.64. The van der Waals surface area contributed by atoms with E-state index in [0.717, 1.165) is 19.0 Å². The average molecular weight is 299 g/mol. The molecule has 1 aromatic carbocycles. The quantitative estimate of drug-likeness (QED) is 0.658. The van der Waals surface area contributed by atoms with Gasteiger partial charge in [-0.3, -0.25) is 10.1 Å². The van der Waals surface area contributed by atoms with Crippen molar-refractivity contribution in [2.24, 2.45) is 0 Å². The molecule has 1 atom stereocenters. The minimum absolute atomic E-state index is 0.00102. The number of likely N-dealkylation sites (N-methyl/N-ethyl adjacent to an activating group) is 1. The van der Waals surface area contributed by atoms with Gasteiger partial charge in [-0.25, -0.2) is 8.42 Å². The summed E-state index contributed by atoms with van der Waals surface area (Å²) in [6.45, 7) is 3.01. The zero-order valence-electron chi connectivity index (χ0n) is 11.4. The number of nitrogens with zero attached hydrogens (tertiary/aromatic N) is 2. The topological polar surface area (TPSA) is 92.5 Å². The predicted molar refractivity (Wildman–Crippen MR) is 74.1 cm³/mol. The van der Waals surface area contributed by atoms with Crippen LogP contribution in [-0.4, -0.2) is 43.8 Å². The molecule has 0 saturated carbocycles. The summed E-state index contributed by atoms with van der Waals surface area (Å²) in [7, 11) is -2.20. The highest BCUT2D eigenvalue weighted by Gasteiger charge is 2.31. The van der Waals surface area contributed by atoms with Gasteiger partial charge in [0.1, 0.15) is 0 Å². The molecule has 20 heavy (non-hydrogen) atoms. The summed E-state index contributed by atoms with van der Waals surface area (Å²) >= 11 is 0. The van der Waals surface area contributed by atoms with Gasteiger partial charge in [0, 0.05) is 31.8 Å². The van der Waals surface area contributed by atoms with Crippen LogP contribution < -0.4 is 5.32 Å². The lowest BCUT2D eigenvalue weighted by molar-refractivity contribution is -0.385. The molecule has 0 bridgehead atoms. The molecule has 1 N–H and O–H groups in total. The van der Waals surface area contributed by atoms with Gasteiger partial charge in [-0.05, 0) is 25.5 Å². The molecule has 1 fully saturated rings. The maximum Gasteiger partial charge on any atom is 0.270 e. The molecule has 2 rings (SSSR count). The molecule has 110 valence electrons. The summed E-state index contributed by atoms with van der Waals surface area (Å²) < 4.78 is 26.5. The molecule has 1 aliphatic heterocycles. The van der Waals surface area contributed by atoms with Gasteiger partial charge in [0.25, 0.3) is 5.69 Å². The number of nitrogens with one attached hydrogen (secondary N) is 1. The molecule has 1 unspecified atom stereocenters. The summed E-state index contributed by atoms with van der Waals surface area (Å²) in [4.78, 5) is 10.2. The van der Waals surface area contributed by atoms with Gasteiger partial charge in [0.2, 0.25) is 10.0 Å². The summed E-state index contributed by atoms with van der Waals surface area (Å²) in [6, 6.07) is 3.79. The van der Waals surface area contributed by atoms with Crippen LogP contribution in [0.3, 0.4) is 0 Å². The molecular weight excluding hydrogens is 282 g/mol. The third-order valence-electron chi connectivity index (χ3n) is 3.59. The Morgan fingerprint density at radius 2 is 2.15 bits per heavy atom. The van der Waals surface area contributed by atoms with E-state index in [1.807, 2.05) is 0 Å². The molecule has 1 heterocycles. The molecule has 1 aromatic rings. The molecule has 0 amide bonds. The average Bonchev–Trinajstić information content (AvgIpc) is 2.91. The van der Waals surface area contributed by atoms with Crippen molar-refractivity contribution >= 4 is 15.7 Å². The smallest absolute Gasteiger partial charge is 0.270 e. The summed E-state index contributed by atoms with van der Waals surface area (Å²) in [5.74, 6) is 0. The molecule has 7 nitrogen and oxygen atoms in total. The van der Waals surface area contributed by atoms with Gasteiger partial charge in [-0.2, -0.15) is 4.31 Å². The first kappa shape index (κ1) is 14.9. The number of hydrogen-bond donors (Lipinski definition) is 1. The Labute approximate surface area is 117 Å². The van der Waals surface area contributed by atoms with E-state index in [1.54, 1.807) is 6.92 Å². The Bertz CT molecular complexity index is 624. The fourth-order valence-corrected chi connectivity index (χ4v) is 3.91. The number of nitro groups is 1. The number of benzene rings is 1. The van der Waals surface area contributed by atoms with Gasteiger partial charge in [-0.15, -0.1) is 0 Å². The summed E-state index contributed by atoms with van der Waals surface area (Å²) in [5.41, 5.74) is 0.292. The number of non-ortho nitro benzene ring substituents is 1. The number of nitro benzene ring substituents is 1. The summed E-state index contributed by atoms with van der Waals surface area (Å²) in [5, 5.41) is 13.9. The zero-order chi connectivity index (χ0) is 14.9. The molecule has 0 spiro atoms. The van der Waals surface area contributed by atoms with Crippen LogP contribution in [0.25, 0.3) is 0 Å². The highest BCUT2D eigenvalue weighted by Crippen LogP contribution is 2.26. The second-order valence-corrected chi connectivity index (χ2v) is 6.84. The molecule has 1 saturated heterocycles. The monoisotopic (exact) mass is 299 g/mol. The normalized spacial score (nSPS) is 19.4. The fourth-order valence-electron chi connectivity index (χ4n) is 2.28.